The average molecular weight is 386 g/mol. The van der Waals surface area contributed by atoms with Gasteiger partial charge in [-0.25, -0.2) is 0 Å². The second kappa shape index (κ2) is 8.17. The SMILES string of the molecule is CC(Oc1cccc(NC(=O)c2cccs2)c1)C(=O)c1ccc(Cl)cc1. The number of thiophene rings is 1. The molecule has 1 amide bonds. The molecule has 0 aliphatic rings. The number of halogens is 1. The molecular weight excluding hydrogens is 370 g/mol. The van der Waals surface area contributed by atoms with Crippen molar-refractivity contribution in [2.75, 3.05) is 5.32 Å². The first-order valence-corrected chi connectivity index (χ1v) is 9.20. The van der Waals surface area contributed by atoms with Crippen molar-refractivity contribution in [3.8, 4) is 5.75 Å². The van der Waals surface area contributed by atoms with E-state index in [1.807, 2.05) is 11.4 Å². The summed E-state index contributed by atoms with van der Waals surface area (Å²) in [6.45, 7) is 1.69. The summed E-state index contributed by atoms with van der Waals surface area (Å²) in [5.41, 5.74) is 1.14. The number of anilines is 1. The van der Waals surface area contributed by atoms with Crippen LogP contribution in [-0.4, -0.2) is 17.8 Å². The standard InChI is InChI=1S/C20H16ClNO3S/c1-13(19(23)14-7-9-15(21)10-8-14)25-17-5-2-4-16(12-17)22-20(24)18-6-3-11-26-18/h2-13H,1H3,(H,22,24). The van der Waals surface area contributed by atoms with Gasteiger partial charge in [-0.05, 0) is 54.8 Å². The van der Waals surface area contributed by atoms with Gasteiger partial charge < -0.3 is 10.1 Å². The van der Waals surface area contributed by atoms with Gasteiger partial charge in [0, 0.05) is 22.3 Å². The van der Waals surface area contributed by atoms with Gasteiger partial charge in [0.1, 0.15) is 5.75 Å². The zero-order valence-electron chi connectivity index (χ0n) is 13.9. The number of nitrogens with one attached hydrogen (secondary N) is 1. The first-order valence-electron chi connectivity index (χ1n) is 7.94. The lowest BCUT2D eigenvalue weighted by Gasteiger charge is -2.15. The van der Waals surface area contributed by atoms with Crippen LogP contribution in [0.3, 0.4) is 0 Å². The van der Waals surface area contributed by atoms with Crippen LogP contribution >= 0.6 is 22.9 Å². The average Bonchev–Trinajstić information content (AvgIpc) is 3.17. The normalized spacial score (nSPS) is 11.6. The number of hydrogen-bond acceptors (Lipinski definition) is 4. The van der Waals surface area contributed by atoms with Crippen molar-refractivity contribution in [3.05, 3.63) is 81.5 Å². The fourth-order valence-electron chi connectivity index (χ4n) is 2.35. The monoisotopic (exact) mass is 385 g/mol. The van der Waals surface area contributed by atoms with Gasteiger partial charge in [-0.1, -0.05) is 23.7 Å². The summed E-state index contributed by atoms with van der Waals surface area (Å²) in [5, 5.41) is 5.24. The summed E-state index contributed by atoms with van der Waals surface area (Å²) in [6.07, 6.45) is -0.667. The fraction of sp³-hybridized carbons (Fsp3) is 0.100. The molecule has 1 aromatic heterocycles. The molecule has 1 atom stereocenters. The number of rotatable bonds is 6. The van der Waals surface area contributed by atoms with Gasteiger partial charge in [0.05, 0.1) is 4.88 Å². The van der Waals surface area contributed by atoms with E-state index in [0.717, 1.165) is 0 Å². The van der Waals surface area contributed by atoms with Crippen LogP contribution in [0.2, 0.25) is 5.02 Å². The molecule has 0 aliphatic carbocycles. The van der Waals surface area contributed by atoms with Gasteiger partial charge in [0.25, 0.3) is 5.91 Å². The molecule has 6 heteroatoms. The number of amides is 1. The minimum Gasteiger partial charge on any atom is -0.482 e. The van der Waals surface area contributed by atoms with Crippen molar-refractivity contribution in [2.45, 2.75) is 13.0 Å². The largest absolute Gasteiger partial charge is 0.482 e. The van der Waals surface area contributed by atoms with Crippen molar-refractivity contribution in [1.82, 2.24) is 0 Å². The van der Waals surface area contributed by atoms with E-state index in [2.05, 4.69) is 5.32 Å². The van der Waals surface area contributed by atoms with Crippen LogP contribution in [-0.2, 0) is 0 Å². The molecule has 0 bridgehead atoms. The van der Waals surface area contributed by atoms with Crippen molar-refractivity contribution in [1.29, 1.82) is 0 Å². The lowest BCUT2D eigenvalue weighted by Crippen LogP contribution is -2.23. The Kier molecular flexibility index (Phi) is 5.71. The van der Waals surface area contributed by atoms with Gasteiger partial charge >= 0.3 is 0 Å². The summed E-state index contributed by atoms with van der Waals surface area (Å²) < 4.78 is 5.74. The zero-order valence-corrected chi connectivity index (χ0v) is 15.5. The molecule has 1 heterocycles. The highest BCUT2D eigenvalue weighted by Gasteiger charge is 2.17. The summed E-state index contributed by atoms with van der Waals surface area (Å²) >= 11 is 7.22. The topological polar surface area (TPSA) is 55.4 Å². The molecule has 0 fully saturated rings. The van der Waals surface area contributed by atoms with Crippen LogP contribution in [0.25, 0.3) is 0 Å². The lowest BCUT2D eigenvalue weighted by atomic mass is 10.1. The third-order valence-corrected chi connectivity index (χ3v) is 4.77. The smallest absolute Gasteiger partial charge is 0.265 e. The Labute approximate surface area is 160 Å². The van der Waals surface area contributed by atoms with E-state index in [1.165, 1.54) is 11.3 Å². The van der Waals surface area contributed by atoms with Crippen LogP contribution in [0.15, 0.2) is 66.0 Å². The maximum atomic E-state index is 12.4. The molecule has 3 rings (SSSR count). The van der Waals surface area contributed by atoms with Gasteiger partial charge in [-0.15, -0.1) is 11.3 Å². The molecule has 132 valence electrons. The Hall–Kier alpha value is -2.63. The number of carbonyl (C=O) groups is 2. The molecule has 0 aliphatic heterocycles. The Morgan fingerprint density at radius 2 is 1.85 bits per heavy atom. The first kappa shape index (κ1) is 18.2. The zero-order chi connectivity index (χ0) is 18.5. The van der Waals surface area contributed by atoms with Gasteiger partial charge in [-0.3, -0.25) is 9.59 Å². The highest BCUT2D eigenvalue weighted by atomic mass is 35.5. The third kappa shape index (κ3) is 4.50. The summed E-state index contributed by atoms with van der Waals surface area (Å²) in [6, 6.07) is 17.2. The Morgan fingerprint density at radius 1 is 1.08 bits per heavy atom. The van der Waals surface area contributed by atoms with Crippen molar-refractivity contribution < 1.29 is 14.3 Å². The quantitative estimate of drug-likeness (QED) is 0.585. The molecule has 2 aromatic carbocycles. The van der Waals surface area contributed by atoms with E-state index >= 15 is 0 Å². The maximum Gasteiger partial charge on any atom is 0.265 e. The number of Topliss-reactive ketones (excluding diaryl/α,β-unsaturated/α-hetero) is 1. The van der Waals surface area contributed by atoms with E-state index in [9.17, 15) is 9.59 Å². The van der Waals surface area contributed by atoms with Crippen LogP contribution in [0.1, 0.15) is 27.0 Å². The molecule has 3 aromatic rings. The summed E-state index contributed by atoms with van der Waals surface area (Å²) in [4.78, 5) is 25.2. The predicted molar refractivity (Wildman–Crippen MR) is 105 cm³/mol. The molecule has 0 radical (unpaired) electrons. The second-order valence-electron chi connectivity index (χ2n) is 5.59. The molecule has 0 saturated carbocycles. The van der Waals surface area contributed by atoms with E-state index in [4.69, 9.17) is 16.3 Å². The molecule has 0 spiro atoms. The third-order valence-electron chi connectivity index (χ3n) is 3.65. The molecule has 1 N–H and O–H groups in total. The highest BCUT2D eigenvalue weighted by molar-refractivity contribution is 7.12. The van der Waals surface area contributed by atoms with Crippen molar-refractivity contribution in [2.24, 2.45) is 0 Å². The highest BCUT2D eigenvalue weighted by Crippen LogP contribution is 2.21. The number of ketones is 1. The Morgan fingerprint density at radius 3 is 2.54 bits per heavy atom. The molecule has 0 saturated heterocycles. The second-order valence-corrected chi connectivity index (χ2v) is 6.97. The number of carbonyl (C=O) groups excluding carboxylic acids is 2. The summed E-state index contributed by atoms with van der Waals surface area (Å²) in [7, 11) is 0. The van der Waals surface area contributed by atoms with E-state index in [1.54, 1.807) is 61.5 Å². The minimum atomic E-state index is -0.667. The van der Waals surface area contributed by atoms with Gasteiger partial charge in [0.15, 0.2) is 6.10 Å². The minimum absolute atomic E-state index is 0.144. The lowest BCUT2D eigenvalue weighted by molar-refractivity contribution is 0.0818. The van der Waals surface area contributed by atoms with Crippen LogP contribution in [0.5, 0.6) is 5.75 Å². The van der Waals surface area contributed by atoms with Crippen LogP contribution in [0.4, 0.5) is 5.69 Å². The van der Waals surface area contributed by atoms with E-state index in [0.29, 0.717) is 26.9 Å². The Bertz CT molecular complexity index is 907. The van der Waals surface area contributed by atoms with Crippen LogP contribution < -0.4 is 10.1 Å². The van der Waals surface area contributed by atoms with Gasteiger partial charge in [0.2, 0.25) is 5.78 Å². The van der Waals surface area contributed by atoms with Gasteiger partial charge in [-0.2, -0.15) is 0 Å². The van der Waals surface area contributed by atoms with Crippen LogP contribution in [0, 0.1) is 0 Å². The fourth-order valence-corrected chi connectivity index (χ4v) is 3.10. The Balaban J connectivity index is 1.67. The first-order chi connectivity index (χ1) is 12.5. The summed E-state index contributed by atoms with van der Waals surface area (Å²) in [5.74, 6) is 0.181. The number of ether oxygens (including phenoxy) is 1. The molecule has 4 nitrogen and oxygen atoms in total. The van der Waals surface area contributed by atoms with Crippen molar-refractivity contribution >= 4 is 40.3 Å². The molecular formula is C20H16ClNO3S. The predicted octanol–water partition coefficient (Wildman–Crippen LogP) is 5.30. The van der Waals surface area contributed by atoms with Crippen molar-refractivity contribution in [3.63, 3.8) is 0 Å². The molecule has 1 unspecified atom stereocenters. The van der Waals surface area contributed by atoms with E-state index < -0.39 is 6.10 Å². The van der Waals surface area contributed by atoms with E-state index in [-0.39, 0.29) is 11.7 Å². The number of benzene rings is 2. The number of hydrogen-bond donors (Lipinski definition) is 1. The maximum absolute atomic E-state index is 12.4. The molecule has 26 heavy (non-hydrogen) atoms.